The van der Waals surface area contributed by atoms with Crippen molar-refractivity contribution in [2.75, 3.05) is 26.3 Å². The molecular formula is C21H30N4O5S2. The summed E-state index contributed by atoms with van der Waals surface area (Å²) in [6.07, 6.45) is 4.49. The van der Waals surface area contributed by atoms with Crippen LogP contribution in [-0.2, 0) is 26.1 Å². The van der Waals surface area contributed by atoms with Crippen LogP contribution in [0.2, 0.25) is 0 Å². The number of morpholine rings is 1. The Kier molecular flexibility index (Phi) is 6.71. The predicted molar refractivity (Wildman–Crippen MR) is 122 cm³/mol. The quantitative estimate of drug-likeness (QED) is 0.695. The van der Waals surface area contributed by atoms with Gasteiger partial charge in [-0.2, -0.15) is 4.31 Å². The number of ether oxygens (including phenoxy) is 1. The summed E-state index contributed by atoms with van der Waals surface area (Å²) in [6.45, 7) is 6.96. The summed E-state index contributed by atoms with van der Waals surface area (Å²) in [6, 6.07) is 0.0827. The Bertz CT molecular complexity index is 1170. The van der Waals surface area contributed by atoms with Crippen molar-refractivity contribution in [3.8, 4) is 0 Å². The third-order valence-corrected chi connectivity index (χ3v) is 9.95. The van der Waals surface area contributed by atoms with E-state index in [1.54, 1.807) is 6.92 Å². The largest absolute Gasteiger partial charge is 0.379 e. The normalized spacial score (nSPS) is 25.2. The zero-order chi connectivity index (χ0) is 23.0. The lowest BCUT2D eigenvalue weighted by atomic mass is 9.78. The van der Waals surface area contributed by atoms with Gasteiger partial charge in [0, 0.05) is 24.0 Å². The molecule has 4 rings (SSSR count). The Labute approximate surface area is 191 Å². The van der Waals surface area contributed by atoms with Crippen molar-refractivity contribution in [1.29, 1.82) is 0 Å². The van der Waals surface area contributed by atoms with Crippen LogP contribution in [0.25, 0.3) is 10.2 Å². The number of hydrogen-bond acceptors (Lipinski definition) is 7. The first-order valence-electron chi connectivity index (χ1n) is 11.1. The highest BCUT2D eigenvalue weighted by Crippen LogP contribution is 2.33. The third-order valence-electron chi connectivity index (χ3n) is 6.73. The lowest BCUT2D eigenvalue weighted by Crippen LogP contribution is -2.45. The number of carbonyl (C=O) groups is 1. The molecule has 2 fully saturated rings. The van der Waals surface area contributed by atoms with Gasteiger partial charge in [-0.3, -0.25) is 14.2 Å². The topological polar surface area (TPSA) is 111 Å². The maximum atomic E-state index is 13.3. The summed E-state index contributed by atoms with van der Waals surface area (Å²) in [4.78, 5) is 31.2. The molecule has 9 nitrogen and oxygen atoms in total. The van der Waals surface area contributed by atoms with Crippen molar-refractivity contribution in [3.05, 3.63) is 21.6 Å². The smallest absolute Gasteiger partial charge is 0.263 e. The molecule has 1 saturated carbocycles. The summed E-state index contributed by atoms with van der Waals surface area (Å²) in [5, 5.41) is 3.12. The predicted octanol–water partition coefficient (Wildman–Crippen LogP) is 1.73. The maximum Gasteiger partial charge on any atom is 0.263 e. The molecule has 0 bridgehead atoms. The van der Waals surface area contributed by atoms with E-state index in [2.05, 4.69) is 24.1 Å². The monoisotopic (exact) mass is 482 g/mol. The first-order chi connectivity index (χ1) is 15.2. The number of thiophene rings is 1. The Morgan fingerprint density at radius 3 is 2.72 bits per heavy atom. The van der Waals surface area contributed by atoms with Crippen molar-refractivity contribution in [1.82, 2.24) is 19.2 Å². The number of fused-ring (bicyclic) bond motifs is 1. The maximum absolute atomic E-state index is 13.3. The van der Waals surface area contributed by atoms with E-state index in [-0.39, 0.29) is 41.9 Å². The van der Waals surface area contributed by atoms with Crippen molar-refractivity contribution in [2.24, 2.45) is 11.8 Å². The van der Waals surface area contributed by atoms with Gasteiger partial charge in [-0.25, -0.2) is 13.4 Å². The fraction of sp³-hybridized carbons (Fsp3) is 0.667. The van der Waals surface area contributed by atoms with Gasteiger partial charge in [0.2, 0.25) is 15.9 Å². The van der Waals surface area contributed by atoms with E-state index in [4.69, 9.17) is 4.74 Å². The minimum absolute atomic E-state index is 0.00128. The van der Waals surface area contributed by atoms with Crippen molar-refractivity contribution in [2.45, 2.75) is 57.5 Å². The van der Waals surface area contributed by atoms with Crippen molar-refractivity contribution in [3.63, 3.8) is 0 Å². The van der Waals surface area contributed by atoms with Crippen LogP contribution < -0.4 is 10.9 Å². The highest BCUT2D eigenvalue weighted by atomic mass is 32.2. The van der Waals surface area contributed by atoms with Gasteiger partial charge in [-0.15, -0.1) is 11.3 Å². The number of rotatable bonds is 5. The second-order valence-corrected chi connectivity index (χ2v) is 11.9. The van der Waals surface area contributed by atoms with Crippen LogP contribution in [0.3, 0.4) is 0 Å². The van der Waals surface area contributed by atoms with Crippen LogP contribution in [-0.4, -0.2) is 60.5 Å². The molecule has 176 valence electrons. The lowest BCUT2D eigenvalue weighted by molar-refractivity contribution is -0.123. The summed E-state index contributed by atoms with van der Waals surface area (Å²) >= 11 is 1.18. The average molecular weight is 483 g/mol. The van der Waals surface area contributed by atoms with E-state index in [9.17, 15) is 18.0 Å². The minimum atomic E-state index is -3.87. The molecule has 1 aliphatic carbocycles. The molecule has 3 atom stereocenters. The lowest BCUT2D eigenvalue weighted by Gasteiger charge is -2.34. The Morgan fingerprint density at radius 2 is 2.00 bits per heavy atom. The Morgan fingerprint density at radius 1 is 1.28 bits per heavy atom. The zero-order valence-corrected chi connectivity index (χ0v) is 20.3. The number of aryl methyl sites for hydroxylation is 1. The van der Waals surface area contributed by atoms with Gasteiger partial charge in [-0.1, -0.05) is 26.7 Å². The van der Waals surface area contributed by atoms with Gasteiger partial charge in [0.15, 0.2) is 0 Å². The molecule has 0 radical (unpaired) electrons. The number of nitrogens with one attached hydrogen (secondary N) is 1. The molecule has 2 aromatic rings. The number of nitrogens with zero attached hydrogens (tertiary/aromatic N) is 3. The number of aromatic nitrogens is 2. The SMILES string of the molecule is Cc1sc2ncn(CC(=O)N[C@@H]3CCC[C@@H](C)[C@H]3C)c(=O)c2c1S(=O)(=O)N1CCOCC1. The fourth-order valence-corrected chi connectivity index (χ4v) is 7.72. The molecule has 11 heteroatoms. The van der Waals surface area contributed by atoms with Crippen LogP contribution in [0.5, 0.6) is 0 Å². The van der Waals surface area contributed by atoms with E-state index >= 15 is 0 Å². The van der Waals surface area contributed by atoms with E-state index in [1.165, 1.54) is 26.5 Å². The Balaban J connectivity index is 1.63. The van der Waals surface area contributed by atoms with Crippen LogP contribution in [0.15, 0.2) is 16.0 Å². The molecule has 0 unspecified atom stereocenters. The van der Waals surface area contributed by atoms with Gasteiger partial charge in [-0.05, 0) is 25.2 Å². The first-order valence-corrected chi connectivity index (χ1v) is 13.3. The summed E-state index contributed by atoms with van der Waals surface area (Å²) < 4.78 is 34.5. The van der Waals surface area contributed by atoms with Gasteiger partial charge < -0.3 is 10.1 Å². The number of sulfonamides is 1. The van der Waals surface area contributed by atoms with Crippen LogP contribution in [0, 0.1) is 18.8 Å². The average Bonchev–Trinajstić information content (AvgIpc) is 3.11. The summed E-state index contributed by atoms with van der Waals surface area (Å²) in [5.41, 5.74) is -0.508. The number of amides is 1. The molecule has 1 saturated heterocycles. The molecule has 1 amide bonds. The number of hydrogen-bond donors (Lipinski definition) is 1. The third kappa shape index (κ3) is 4.35. The van der Waals surface area contributed by atoms with Crippen LogP contribution in [0.1, 0.15) is 38.0 Å². The van der Waals surface area contributed by atoms with Gasteiger partial charge in [0.05, 0.1) is 24.9 Å². The molecular weight excluding hydrogens is 452 g/mol. The highest BCUT2D eigenvalue weighted by molar-refractivity contribution is 7.89. The molecule has 32 heavy (non-hydrogen) atoms. The van der Waals surface area contributed by atoms with E-state index < -0.39 is 15.6 Å². The second kappa shape index (κ2) is 9.20. The number of carbonyl (C=O) groups excluding carboxylic acids is 1. The van der Waals surface area contributed by atoms with Gasteiger partial charge in [0.25, 0.3) is 5.56 Å². The first kappa shape index (κ1) is 23.3. The molecule has 3 heterocycles. The molecule has 0 spiro atoms. The molecule has 1 N–H and O–H groups in total. The standard InChI is InChI=1S/C21H30N4O5S2/c1-13-5-4-6-16(14(13)2)23-17(26)11-24-12-22-20-18(21(24)27)19(15(3)31-20)32(28,29)25-7-9-30-10-8-25/h12-14,16H,4-11H2,1-3H3,(H,23,26)/t13-,14-,16-/m1/s1. The second-order valence-electron chi connectivity index (χ2n) is 8.80. The molecule has 2 aromatic heterocycles. The van der Waals surface area contributed by atoms with E-state index in [0.717, 1.165) is 19.3 Å². The molecule has 1 aliphatic heterocycles. The summed E-state index contributed by atoms with van der Waals surface area (Å²) in [7, 11) is -3.87. The fourth-order valence-electron chi connectivity index (χ4n) is 4.65. The summed E-state index contributed by atoms with van der Waals surface area (Å²) in [5.74, 6) is 0.648. The molecule has 0 aromatic carbocycles. The zero-order valence-electron chi connectivity index (χ0n) is 18.7. The van der Waals surface area contributed by atoms with E-state index in [1.807, 2.05) is 0 Å². The highest BCUT2D eigenvalue weighted by Gasteiger charge is 2.33. The van der Waals surface area contributed by atoms with Crippen LogP contribution in [0.4, 0.5) is 0 Å². The Hall–Kier alpha value is -1.82. The van der Waals surface area contributed by atoms with Crippen molar-refractivity contribution < 1.29 is 17.9 Å². The van der Waals surface area contributed by atoms with Crippen molar-refractivity contribution >= 4 is 37.5 Å². The van der Waals surface area contributed by atoms with Crippen LogP contribution >= 0.6 is 11.3 Å². The molecule has 2 aliphatic rings. The minimum Gasteiger partial charge on any atom is -0.379 e. The van der Waals surface area contributed by atoms with Gasteiger partial charge >= 0.3 is 0 Å². The van der Waals surface area contributed by atoms with Gasteiger partial charge in [0.1, 0.15) is 16.3 Å². The van der Waals surface area contributed by atoms with E-state index in [0.29, 0.717) is 34.8 Å².